The monoisotopic (exact) mass is 337 g/mol. The van der Waals surface area contributed by atoms with Crippen molar-refractivity contribution in [3.8, 4) is 0 Å². The zero-order valence-corrected chi connectivity index (χ0v) is 14.8. The number of guanidine groups is 1. The molecular formula is C15H23N5O2S. The SMILES string of the molecule is CCNC(=NCc1ccon1)N(C)Cc1csc(C(C)OC)n1. The second-order valence-corrected chi connectivity index (χ2v) is 5.96. The van der Waals surface area contributed by atoms with E-state index in [9.17, 15) is 0 Å². The van der Waals surface area contributed by atoms with Crippen LogP contribution < -0.4 is 5.32 Å². The van der Waals surface area contributed by atoms with Gasteiger partial charge in [-0.05, 0) is 13.8 Å². The Balaban J connectivity index is 2.01. The number of hydrogen-bond acceptors (Lipinski definition) is 6. The summed E-state index contributed by atoms with van der Waals surface area (Å²) < 4.78 is 10.1. The highest BCUT2D eigenvalue weighted by Gasteiger charge is 2.12. The first kappa shape index (κ1) is 17.4. The Labute approximate surface area is 140 Å². The average Bonchev–Trinajstić information content (AvgIpc) is 3.22. The number of aromatic nitrogens is 2. The molecule has 0 aliphatic carbocycles. The van der Waals surface area contributed by atoms with Crippen LogP contribution in [0, 0.1) is 0 Å². The molecule has 8 heteroatoms. The van der Waals surface area contributed by atoms with Crippen molar-refractivity contribution in [1.82, 2.24) is 20.4 Å². The summed E-state index contributed by atoms with van der Waals surface area (Å²) in [6, 6.07) is 1.81. The second kappa shape index (κ2) is 8.64. The van der Waals surface area contributed by atoms with Crippen molar-refractivity contribution in [2.45, 2.75) is 33.0 Å². The molecule has 0 aliphatic rings. The zero-order valence-electron chi connectivity index (χ0n) is 13.9. The predicted molar refractivity (Wildman–Crippen MR) is 90.3 cm³/mol. The van der Waals surface area contributed by atoms with Crippen LogP contribution >= 0.6 is 11.3 Å². The lowest BCUT2D eigenvalue weighted by atomic mass is 10.4. The van der Waals surface area contributed by atoms with Crippen LogP contribution in [0.4, 0.5) is 0 Å². The Bertz CT molecular complexity index is 611. The molecule has 0 aliphatic heterocycles. The molecule has 23 heavy (non-hydrogen) atoms. The first-order valence-corrected chi connectivity index (χ1v) is 8.37. The normalized spacial score (nSPS) is 13.1. The molecule has 0 amide bonds. The lowest BCUT2D eigenvalue weighted by Crippen LogP contribution is -2.38. The van der Waals surface area contributed by atoms with Crippen LogP contribution in [-0.4, -0.2) is 41.7 Å². The van der Waals surface area contributed by atoms with Gasteiger partial charge in [0.05, 0.1) is 18.8 Å². The second-order valence-electron chi connectivity index (χ2n) is 5.07. The van der Waals surface area contributed by atoms with Crippen molar-refractivity contribution in [3.63, 3.8) is 0 Å². The van der Waals surface area contributed by atoms with Gasteiger partial charge in [-0.25, -0.2) is 9.98 Å². The molecule has 1 N–H and O–H groups in total. The molecule has 2 aromatic rings. The van der Waals surface area contributed by atoms with Crippen LogP contribution in [0.3, 0.4) is 0 Å². The molecule has 2 heterocycles. The molecule has 0 aromatic carbocycles. The number of aliphatic imine (C=N–C) groups is 1. The van der Waals surface area contributed by atoms with Gasteiger partial charge in [0.15, 0.2) is 5.96 Å². The highest BCUT2D eigenvalue weighted by atomic mass is 32.1. The number of thiazole rings is 1. The Hall–Kier alpha value is -1.93. The molecule has 0 spiro atoms. The number of ether oxygens (including phenoxy) is 1. The van der Waals surface area contributed by atoms with Crippen molar-refractivity contribution in [2.75, 3.05) is 20.7 Å². The number of methoxy groups -OCH3 is 1. The quantitative estimate of drug-likeness (QED) is 0.618. The Kier molecular flexibility index (Phi) is 6.54. The third-order valence-electron chi connectivity index (χ3n) is 3.25. The molecule has 0 saturated carbocycles. The first-order chi connectivity index (χ1) is 11.1. The van der Waals surface area contributed by atoms with Gasteiger partial charge in [-0.15, -0.1) is 11.3 Å². The minimum Gasteiger partial charge on any atom is -0.375 e. The third kappa shape index (κ3) is 5.04. The van der Waals surface area contributed by atoms with E-state index in [2.05, 4.69) is 25.8 Å². The summed E-state index contributed by atoms with van der Waals surface area (Å²) in [6.45, 7) is 5.99. The van der Waals surface area contributed by atoms with Crippen LogP contribution in [0.25, 0.3) is 0 Å². The van der Waals surface area contributed by atoms with Crippen LogP contribution in [0.15, 0.2) is 27.2 Å². The maximum absolute atomic E-state index is 5.30. The Morgan fingerprint density at radius 2 is 2.35 bits per heavy atom. The van der Waals surface area contributed by atoms with Crippen molar-refractivity contribution < 1.29 is 9.26 Å². The smallest absolute Gasteiger partial charge is 0.194 e. The van der Waals surface area contributed by atoms with Gasteiger partial charge in [0, 0.05) is 32.1 Å². The Morgan fingerprint density at radius 3 is 3.00 bits per heavy atom. The number of nitrogens with zero attached hydrogens (tertiary/aromatic N) is 4. The van der Waals surface area contributed by atoms with E-state index < -0.39 is 0 Å². The van der Waals surface area contributed by atoms with Crippen LogP contribution in [0.1, 0.15) is 36.3 Å². The molecule has 0 fully saturated rings. The van der Waals surface area contributed by atoms with Gasteiger partial charge in [-0.1, -0.05) is 5.16 Å². The summed E-state index contributed by atoms with van der Waals surface area (Å²) in [5.41, 5.74) is 1.81. The molecule has 7 nitrogen and oxygen atoms in total. The highest BCUT2D eigenvalue weighted by molar-refractivity contribution is 7.09. The molecule has 2 aromatic heterocycles. The minimum atomic E-state index is 0.0214. The van der Waals surface area contributed by atoms with Gasteiger partial charge in [0.2, 0.25) is 0 Å². The van der Waals surface area contributed by atoms with Gasteiger partial charge in [0.1, 0.15) is 23.1 Å². The zero-order chi connectivity index (χ0) is 16.7. The molecule has 126 valence electrons. The largest absolute Gasteiger partial charge is 0.375 e. The number of hydrogen-bond donors (Lipinski definition) is 1. The summed E-state index contributed by atoms with van der Waals surface area (Å²) in [4.78, 5) is 11.2. The van der Waals surface area contributed by atoms with Crippen molar-refractivity contribution in [2.24, 2.45) is 4.99 Å². The van der Waals surface area contributed by atoms with Gasteiger partial charge in [0.25, 0.3) is 0 Å². The van der Waals surface area contributed by atoms with E-state index in [1.54, 1.807) is 24.7 Å². The van der Waals surface area contributed by atoms with E-state index in [4.69, 9.17) is 9.26 Å². The third-order valence-corrected chi connectivity index (χ3v) is 4.30. The van der Waals surface area contributed by atoms with E-state index in [0.717, 1.165) is 28.9 Å². The summed E-state index contributed by atoms with van der Waals surface area (Å²) in [7, 11) is 3.68. The fraction of sp³-hybridized carbons (Fsp3) is 0.533. The minimum absolute atomic E-state index is 0.0214. The van der Waals surface area contributed by atoms with E-state index >= 15 is 0 Å². The summed E-state index contributed by atoms with van der Waals surface area (Å²) in [5, 5.41) is 10.2. The van der Waals surface area contributed by atoms with Gasteiger partial charge >= 0.3 is 0 Å². The predicted octanol–water partition coefficient (Wildman–Crippen LogP) is 2.44. The Morgan fingerprint density at radius 1 is 1.52 bits per heavy atom. The first-order valence-electron chi connectivity index (χ1n) is 7.49. The molecule has 0 radical (unpaired) electrons. The molecular weight excluding hydrogens is 314 g/mol. The van der Waals surface area contributed by atoms with Crippen molar-refractivity contribution in [3.05, 3.63) is 34.1 Å². The van der Waals surface area contributed by atoms with Gasteiger partial charge in [-0.2, -0.15) is 0 Å². The molecule has 1 unspecified atom stereocenters. The van der Waals surface area contributed by atoms with Gasteiger partial charge in [-0.3, -0.25) is 0 Å². The summed E-state index contributed by atoms with van der Waals surface area (Å²) in [6.07, 6.45) is 1.57. The lowest BCUT2D eigenvalue weighted by Gasteiger charge is -2.21. The van der Waals surface area contributed by atoms with Crippen molar-refractivity contribution in [1.29, 1.82) is 0 Å². The van der Waals surface area contributed by atoms with E-state index in [0.29, 0.717) is 13.1 Å². The summed E-state index contributed by atoms with van der Waals surface area (Å²) >= 11 is 1.62. The van der Waals surface area contributed by atoms with Crippen molar-refractivity contribution >= 4 is 17.3 Å². The average molecular weight is 337 g/mol. The highest BCUT2D eigenvalue weighted by Crippen LogP contribution is 2.20. The standard InChI is InChI=1S/C15H23N5O2S/c1-5-16-15(17-8-12-6-7-22-19-12)20(3)9-13-10-23-14(18-13)11(2)21-4/h6-7,10-11H,5,8-9H2,1-4H3,(H,16,17). The van der Waals surface area contributed by atoms with E-state index in [-0.39, 0.29) is 6.10 Å². The number of rotatable bonds is 7. The van der Waals surface area contributed by atoms with E-state index in [1.807, 2.05) is 31.9 Å². The topological polar surface area (TPSA) is 75.8 Å². The van der Waals surface area contributed by atoms with Gasteiger partial charge < -0.3 is 19.5 Å². The maximum Gasteiger partial charge on any atom is 0.194 e. The maximum atomic E-state index is 5.30. The molecule has 1 atom stereocenters. The fourth-order valence-corrected chi connectivity index (χ4v) is 2.79. The van der Waals surface area contributed by atoms with Crippen LogP contribution in [0.5, 0.6) is 0 Å². The number of nitrogens with one attached hydrogen (secondary N) is 1. The van der Waals surface area contributed by atoms with E-state index in [1.165, 1.54) is 0 Å². The fourth-order valence-electron chi connectivity index (χ4n) is 1.95. The molecule has 0 saturated heterocycles. The molecule has 0 bridgehead atoms. The summed E-state index contributed by atoms with van der Waals surface area (Å²) in [5.74, 6) is 0.810. The molecule has 2 rings (SSSR count). The lowest BCUT2D eigenvalue weighted by molar-refractivity contribution is 0.119. The van der Waals surface area contributed by atoms with Crippen LogP contribution in [0.2, 0.25) is 0 Å². The van der Waals surface area contributed by atoms with Crippen LogP contribution in [-0.2, 0) is 17.8 Å².